The predicted molar refractivity (Wildman–Crippen MR) is 97.0 cm³/mol. The molecule has 0 unspecified atom stereocenters. The lowest BCUT2D eigenvalue weighted by Gasteiger charge is -2.12. The molecule has 1 aliphatic heterocycles. The van der Waals surface area contributed by atoms with Gasteiger partial charge in [-0.25, -0.2) is 0 Å². The normalized spacial score (nSPS) is 14.2. The summed E-state index contributed by atoms with van der Waals surface area (Å²) < 4.78 is 5.49. The maximum Gasteiger partial charge on any atom is 0.278 e. The van der Waals surface area contributed by atoms with Crippen molar-refractivity contribution in [1.29, 1.82) is 0 Å². The van der Waals surface area contributed by atoms with Crippen LogP contribution in [0.1, 0.15) is 19.4 Å². The SMILES string of the molecule is CCOc1cccc(NC2=C(c3ccccc3)C(=O)N(CC)C2=O)c1. The van der Waals surface area contributed by atoms with Gasteiger partial charge in [-0.3, -0.25) is 14.5 Å². The summed E-state index contributed by atoms with van der Waals surface area (Å²) in [6.45, 7) is 4.59. The number of hydrogen-bond acceptors (Lipinski definition) is 4. The number of rotatable bonds is 6. The van der Waals surface area contributed by atoms with E-state index in [1.54, 1.807) is 6.92 Å². The van der Waals surface area contributed by atoms with Crippen LogP contribution in [-0.2, 0) is 9.59 Å². The summed E-state index contributed by atoms with van der Waals surface area (Å²) in [6, 6.07) is 16.6. The molecule has 0 bridgehead atoms. The number of carbonyl (C=O) groups excluding carboxylic acids is 2. The summed E-state index contributed by atoms with van der Waals surface area (Å²) >= 11 is 0. The van der Waals surface area contributed by atoms with Gasteiger partial charge in [-0.1, -0.05) is 36.4 Å². The highest BCUT2D eigenvalue weighted by molar-refractivity contribution is 6.36. The molecular weight excluding hydrogens is 316 g/mol. The highest BCUT2D eigenvalue weighted by atomic mass is 16.5. The van der Waals surface area contributed by atoms with Gasteiger partial charge in [-0.2, -0.15) is 0 Å². The molecule has 1 aliphatic rings. The number of ether oxygens (including phenoxy) is 1. The van der Waals surface area contributed by atoms with Crippen LogP contribution >= 0.6 is 0 Å². The molecule has 1 heterocycles. The Morgan fingerprint density at radius 3 is 2.40 bits per heavy atom. The second-order valence-electron chi connectivity index (χ2n) is 5.56. The van der Waals surface area contributed by atoms with Gasteiger partial charge >= 0.3 is 0 Å². The fourth-order valence-corrected chi connectivity index (χ4v) is 2.83. The van der Waals surface area contributed by atoms with Gasteiger partial charge in [0.15, 0.2) is 0 Å². The molecular formula is C20H20N2O3. The monoisotopic (exact) mass is 336 g/mol. The lowest BCUT2D eigenvalue weighted by atomic mass is 10.0. The highest BCUT2D eigenvalue weighted by Crippen LogP contribution is 2.30. The summed E-state index contributed by atoms with van der Waals surface area (Å²) in [6.07, 6.45) is 0. The molecule has 5 nitrogen and oxygen atoms in total. The zero-order valence-corrected chi connectivity index (χ0v) is 14.3. The largest absolute Gasteiger partial charge is 0.494 e. The first-order valence-corrected chi connectivity index (χ1v) is 8.31. The van der Waals surface area contributed by atoms with Gasteiger partial charge in [0.2, 0.25) is 0 Å². The van der Waals surface area contributed by atoms with Crippen molar-refractivity contribution in [1.82, 2.24) is 4.90 Å². The number of amides is 2. The molecule has 1 N–H and O–H groups in total. The zero-order chi connectivity index (χ0) is 17.8. The second-order valence-corrected chi connectivity index (χ2v) is 5.56. The molecule has 5 heteroatoms. The van der Waals surface area contributed by atoms with Crippen LogP contribution in [0.4, 0.5) is 5.69 Å². The Labute approximate surface area is 146 Å². The first-order chi connectivity index (χ1) is 12.2. The molecule has 0 aromatic heterocycles. The molecule has 2 aromatic rings. The van der Waals surface area contributed by atoms with Crippen LogP contribution in [0.15, 0.2) is 60.3 Å². The molecule has 3 rings (SSSR count). The van der Waals surface area contributed by atoms with Crippen molar-refractivity contribution in [3.05, 3.63) is 65.9 Å². The van der Waals surface area contributed by atoms with Gasteiger partial charge in [-0.15, -0.1) is 0 Å². The Hall–Kier alpha value is -3.08. The number of carbonyl (C=O) groups is 2. The molecule has 0 saturated heterocycles. The van der Waals surface area contributed by atoms with Crippen molar-refractivity contribution in [2.75, 3.05) is 18.5 Å². The van der Waals surface area contributed by atoms with Gasteiger partial charge < -0.3 is 10.1 Å². The Bertz CT molecular complexity index is 828. The van der Waals surface area contributed by atoms with E-state index >= 15 is 0 Å². The quantitative estimate of drug-likeness (QED) is 0.822. The summed E-state index contributed by atoms with van der Waals surface area (Å²) in [4.78, 5) is 26.6. The second kappa shape index (κ2) is 7.21. The lowest BCUT2D eigenvalue weighted by Crippen LogP contribution is -2.32. The van der Waals surface area contributed by atoms with E-state index in [0.717, 1.165) is 5.56 Å². The number of nitrogens with zero attached hydrogens (tertiary/aromatic N) is 1. The predicted octanol–water partition coefficient (Wildman–Crippen LogP) is 3.30. The van der Waals surface area contributed by atoms with Gasteiger partial charge in [0, 0.05) is 18.3 Å². The van der Waals surface area contributed by atoms with Crippen molar-refractivity contribution in [3.8, 4) is 5.75 Å². The van der Waals surface area contributed by atoms with Crippen molar-refractivity contribution in [2.45, 2.75) is 13.8 Å². The Balaban J connectivity index is 2.02. The molecule has 25 heavy (non-hydrogen) atoms. The molecule has 128 valence electrons. The molecule has 0 radical (unpaired) electrons. The Morgan fingerprint density at radius 1 is 0.960 bits per heavy atom. The third-order valence-corrected chi connectivity index (χ3v) is 3.96. The third kappa shape index (κ3) is 3.26. The number of benzene rings is 2. The third-order valence-electron chi connectivity index (χ3n) is 3.96. The number of anilines is 1. The van der Waals surface area contributed by atoms with E-state index in [-0.39, 0.29) is 11.8 Å². The summed E-state index contributed by atoms with van der Waals surface area (Å²) in [7, 11) is 0. The minimum Gasteiger partial charge on any atom is -0.494 e. The van der Waals surface area contributed by atoms with Gasteiger partial charge in [-0.05, 0) is 31.5 Å². The van der Waals surface area contributed by atoms with Gasteiger partial charge in [0.1, 0.15) is 11.4 Å². The van der Waals surface area contributed by atoms with Crippen molar-refractivity contribution < 1.29 is 14.3 Å². The first kappa shape index (κ1) is 16.8. The van der Waals surface area contributed by atoms with Crippen LogP contribution in [-0.4, -0.2) is 29.9 Å². The molecule has 0 saturated carbocycles. The lowest BCUT2D eigenvalue weighted by molar-refractivity contribution is -0.136. The molecule has 0 aliphatic carbocycles. The fraction of sp³-hybridized carbons (Fsp3) is 0.200. The van der Waals surface area contributed by atoms with E-state index in [1.165, 1.54) is 4.90 Å². The zero-order valence-electron chi connectivity index (χ0n) is 14.3. The van der Waals surface area contributed by atoms with Crippen LogP contribution in [0, 0.1) is 0 Å². The smallest absolute Gasteiger partial charge is 0.278 e. The van der Waals surface area contributed by atoms with E-state index in [4.69, 9.17) is 4.74 Å². The standard InChI is InChI=1S/C20H20N2O3/c1-3-22-19(23)17(14-9-6-5-7-10-14)18(20(22)24)21-15-11-8-12-16(13-15)25-4-2/h5-13,21H,3-4H2,1-2H3. The van der Waals surface area contributed by atoms with Crippen LogP contribution in [0.3, 0.4) is 0 Å². The van der Waals surface area contributed by atoms with Crippen molar-refractivity contribution in [3.63, 3.8) is 0 Å². The molecule has 0 spiro atoms. The van der Waals surface area contributed by atoms with E-state index in [2.05, 4.69) is 5.32 Å². The minimum absolute atomic E-state index is 0.276. The molecule has 0 fully saturated rings. The van der Waals surface area contributed by atoms with E-state index in [9.17, 15) is 9.59 Å². The number of hydrogen-bond donors (Lipinski definition) is 1. The van der Waals surface area contributed by atoms with E-state index in [1.807, 2.05) is 61.5 Å². The maximum absolute atomic E-state index is 12.7. The summed E-state index contributed by atoms with van der Waals surface area (Å²) in [5.41, 5.74) is 2.12. The summed E-state index contributed by atoms with van der Waals surface area (Å²) in [5.74, 6) is 0.119. The summed E-state index contributed by atoms with van der Waals surface area (Å²) in [5, 5.41) is 3.12. The van der Waals surface area contributed by atoms with Crippen molar-refractivity contribution >= 4 is 23.1 Å². The Kier molecular flexibility index (Phi) is 4.84. The van der Waals surface area contributed by atoms with E-state index in [0.29, 0.717) is 35.9 Å². The maximum atomic E-state index is 12.7. The van der Waals surface area contributed by atoms with Crippen LogP contribution in [0.2, 0.25) is 0 Å². The van der Waals surface area contributed by atoms with Gasteiger partial charge in [0.05, 0.1) is 12.2 Å². The highest BCUT2D eigenvalue weighted by Gasteiger charge is 2.38. The number of imide groups is 1. The molecule has 2 amide bonds. The molecule has 2 aromatic carbocycles. The van der Waals surface area contributed by atoms with Gasteiger partial charge in [0.25, 0.3) is 11.8 Å². The fourth-order valence-electron chi connectivity index (χ4n) is 2.83. The first-order valence-electron chi connectivity index (χ1n) is 8.31. The average Bonchev–Trinajstić information content (AvgIpc) is 2.86. The topological polar surface area (TPSA) is 58.6 Å². The average molecular weight is 336 g/mol. The number of likely N-dealkylation sites (N-methyl/N-ethyl adjacent to an activating group) is 1. The van der Waals surface area contributed by atoms with Crippen LogP contribution < -0.4 is 10.1 Å². The molecule has 0 atom stereocenters. The Morgan fingerprint density at radius 2 is 1.72 bits per heavy atom. The van der Waals surface area contributed by atoms with E-state index < -0.39 is 0 Å². The van der Waals surface area contributed by atoms with Crippen LogP contribution in [0.25, 0.3) is 5.57 Å². The number of nitrogens with one attached hydrogen (secondary N) is 1. The van der Waals surface area contributed by atoms with Crippen molar-refractivity contribution in [2.24, 2.45) is 0 Å². The minimum atomic E-state index is -0.312. The van der Waals surface area contributed by atoms with Crippen LogP contribution in [0.5, 0.6) is 5.75 Å².